The molecule has 0 N–H and O–H groups in total. The molecular weight excluding hydrogens is 378 g/mol. The minimum atomic E-state index is 0.583. The number of hydrogen-bond donors (Lipinski definition) is 0. The van der Waals surface area contributed by atoms with Gasteiger partial charge < -0.3 is 4.42 Å². The number of fused-ring (bicyclic) bond motifs is 6. The smallest absolute Gasteiger partial charge is 0.144 e. The molecule has 0 fully saturated rings. The van der Waals surface area contributed by atoms with Crippen LogP contribution in [0.15, 0.2) is 89.3 Å². The van der Waals surface area contributed by atoms with Gasteiger partial charge in [0.25, 0.3) is 0 Å². The molecule has 0 amide bonds. The van der Waals surface area contributed by atoms with Crippen LogP contribution in [0.3, 0.4) is 0 Å². The minimum absolute atomic E-state index is 0.583. The maximum atomic E-state index is 6.34. The van der Waals surface area contributed by atoms with Crippen LogP contribution in [0.5, 0.6) is 0 Å². The highest BCUT2D eigenvalue weighted by Gasteiger charge is 2.16. The Kier molecular flexibility index (Phi) is 4.07. The van der Waals surface area contributed by atoms with Crippen molar-refractivity contribution < 1.29 is 4.42 Å². The number of benzene rings is 4. The monoisotopic (exact) mass is 401 g/mol. The van der Waals surface area contributed by atoms with Crippen molar-refractivity contribution in [1.29, 1.82) is 0 Å². The Bertz CT molecular complexity index is 1590. The predicted molar refractivity (Wildman–Crippen MR) is 131 cm³/mol. The molecule has 31 heavy (non-hydrogen) atoms. The zero-order valence-electron chi connectivity index (χ0n) is 17.7. The quantitative estimate of drug-likeness (QED) is 0.280. The highest BCUT2D eigenvalue weighted by Crippen LogP contribution is 2.37. The average Bonchev–Trinajstić information content (AvgIpc) is 3.16. The Hall–Kier alpha value is -3.65. The van der Waals surface area contributed by atoms with Gasteiger partial charge in [0.15, 0.2) is 0 Å². The average molecular weight is 402 g/mol. The number of furan rings is 1. The molecular formula is C29H23NO. The molecule has 0 bridgehead atoms. The third-order valence-electron chi connectivity index (χ3n) is 6.05. The number of aromatic nitrogens is 1. The van der Waals surface area contributed by atoms with Crippen molar-refractivity contribution in [2.45, 2.75) is 20.3 Å². The standard InChI is InChI=1S/C29H23NO/c1-18(2)15-19-16-24-23-9-5-6-10-28(23)31-29(24)25(17-19)27-14-12-22-21-8-4-3-7-20(21)11-13-26(22)30-27/h3-14,16-18H,15H2,1-2H3. The second kappa shape index (κ2) is 6.95. The van der Waals surface area contributed by atoms with Crippen LogP contribution in [0.2, 0.25) is 0 Å². The van der Waals surface area contributed by atoms with Gasteiger partial charge in [-0.25, -0.2) is 4.98 Å². The first-order valence-corrected chi connectivity index (χ1v) is 10.9. The van der Waals surface area contributed by atoms with Gasteiger partial charge in [-0.3, -0.25) is 0 Å². The van der Waals surface area contributed by atoms with E-state index in [-0.39, 0.29) is 0 Å². The van der Waals surface area contributed by atoms with Crippen LogP contribution in [0, 0.1) is 5.92 Å². The molecule has 0 atom stereocenters. The first kappa shape index (κ1) is 18.1. The lowest BCUT2D eigenvalue weighted by Gasteiger charge is -2.10. The summed E-state index contributed by atoms with van der Waals surface area (Å²) in [4.78, 5) is 5.08. The summed E-state index contributed by atoms with van der Waals surface area (Å²) in [6.45, 7) is 4.52. The number of nitrogens with zero attached hydrogens (tertiary/aromatic N) is 1. The Morgan fingerprint density at radius 3 is 2.42 bits per heavy atom. The van der Waals surface area contributed by atoms with Crippen molar-refractivity contribution >= 4 is 43.6 Å². The molecule has 0 spiro atoms. The SMILES string of the molecule is CC(C)Cc1cc(-c2ccc3c(ccc4ccccc43)n2)c2oc3ccccc3c2c1. The van der Waals surface area contributed by atoms with Gasteiger partial charge in [-0.05, 0) is 59.0 Å². The molecule has 4 aromatic carbocycles. The van der Waals surface area contributed by atoms with Gasteiger partial charge in [-0.15, -0.1) is 0 Å². The van der Waals surface area contributed by atoms with Crippen LogP contribution in [0.4, 0.5) is 0 Å². The van der Waals surface area contributed by atoms with Crippen molar-refractivity contribution in [3.63, 3.8) is 0 Å². The molecule has 0 saturated carbocycles. The normalized spacial score (nSPS) is 12.0. The van der Waals surface area contributed by atoms with Crippen molar-refractivity contribution in [3.05, 3.63) is 90.5 Å². The first-order chi connectivity index (χ1) is 15.2. The highest BCUT2D eigenvalue weighted by molar-refractivity contribution is 6.11. The largest absolute Gasteiger partial charge is 0.455 e. The summed E-state index contributed by atoms with van der Waals surface area (Å²) in [5.74, 6) is 0.583. The number of rotatable bonds is 3. The van der Waals surface area contributed by atoms with Crippen molar-refractivity contribution in [1.82, 2.24) is 4.98 Å². The van der Waals surface area contributed by atoms with Crippen LogP contribution in [-0.2, 0) is 6.42 Å². The second-order valence-electron chi connectivity index (χ2n) is 8.77. The predicted octanol–water partition coefficient (Wildman–Crippen LogP) is 8.15. The molecule has 0 radical (unpaired) electrons. The molecule has 6 rings (SSSR count). The molecule has 0 saturated heterocycles. The van der Waals surface area contributed by atoms with Crippen molar-refractivity contribution in [3.8, 4) is 11.3 Å². The van der Waals surface area contributed by atoms with Crippen LogP contribution >= 0.6 is 0 Å². The fourth-order valence-electron chi connectivity index (χ4n) is 4.70. The second-order valence-corrected chi connectivity index (χ2v) is 8.77. The van der Waals surface area contributed by atoms with E-state index in [1.165, 1.54) is 27.1 Å². The van der Waals surface area contributed by atoms with Gasteiger partial charge in [-0.1, -0.05) is 68.4 Å². The van der Waals surface area contributed by atoms with Crippen LogP contribution in [0.1, 0.15) is 19.4 Å². The van der Waals surface area contributed by atoms with E-state index in [4.69, 9.17) is 9.40 Å². The van der Waals surface area contributed by atoms with Crippen LogP contribution in [-0.4, -0.2) is 4.98 Å². The third-order valence-corrected chi connectivity index (χ3v) is 6.05. The van der Waals surface area contributed by atoms with Gasteiger partial charge in [0, 0.05) is 21.7 Å². The maximum absolute atomic E-state index is 6.34. The summed E-state index contributed by atoms with van der Waals surface area (Å²) < 4.78 is 6.34. The van der Waals surface area contributed by atoms with E-state index >= 15 is 0 Å². The highest BCUT2D eigenvalue weighted by atomic mass is 16.3. The molecule has 2 nitrogen and oxygen atoms in total. The fourth-order valence-corrected chi connectivity index (χ4v) is 4.70. The fraction of sp³-hybridized carbons (Fsp3) is 0.138. The first-order valence-electron chi connectivity index (χ1n) is 10.9. The van der Waals surface area contributed by atoms with Gasteiger partial charge in [-0.2, -0.15) is 0 Å². The summed E-state index contributed by atoms with van der Waals surface area (Å²) in [5.41, 5.74) is 6.20. The van der Waals surface area contributed by atoms with E-state index in [1.807, 2.05) is 12.1 Å². The van der Waals surface area contributed by atoms with E-state index in [2.05, 4.69) is 86.6 Å². The molecule has 0 unspecified atom stereocenters. The lowest BCUT2D eigenvalue weighted by atomic mass is 9.96. The van der Waals surface area contributed by atoms with E-state index in [1.54, 1.807) is 0 Å². The Labute approximate surface area is 181 Å². The summed E-state index contributed by atoms with van der Waals surface area (Å²) in [6.07, 6.45) is 1.03. The molecule has 2 heterocycles. The Morgan fingerprint density at radius 1 is 0.742 bits per heavy atom. The van der Waals surface area contributed by atoms with E-state index in [0.29, 0.717) is 5.92 Å². The Balaban J connectivity index is 1.63. The zero-order valence-corrected chi connectivity index (χ0v) is 17.7. The summed E-state index contributed by atoms with van der Waals surface area (Å²) in [7, 11) is 0. The molecule has 2 aromatic heterocycles. The lowest BCUT2D eigenvalue weighted by molar-refractivity contribution is 0.646. The van der Waals surface area contributed by atoms with E-state index in [0.717, 1.165) is 39.7 Å². The van der Waals surface area contributed by atoms with Crippen molar-refractivity contribution in [2.24, 2.45) is 5.92 Å². The molecule has 2 heteroatoms. The zero-order chi connectivity index (χ0) is 20.9. The third kappa shape index (κ3) is 2.98. The molecule has 0 aliphatic heterocycles. The summed E-state index contributed by atoms with van der Waals surface area (Å²) >= 11 is 0. The van der Waals surface area contributed by atoms with Gasteiger partial charge in [0.2, 0.25) is 0 Å². The molecule has 0 aliphatic rings. The van der Waals surface area contributed by atoms with Crippen molar-refractivity contribution in [2.75, 3.05) is 0 Å². The minimum Gasteiger partial charge on any atom is -0.455 e. The number of para-hydroxylation sites is 1. The molecule has 150 valence electrons. The van der Waals surface area contributed by atoms with Gasteiger partial charge in [0.05, 0.1) is 11.2 Å². The van der Waals surface area contributed by atoms with Crippen LogP contribution < -0.4 is 0 Å². The topological polar surface area (TPSA) is 26.0 Å². The van der Waals surface area contributed by atoms with Gasteiger partial charge >= 0.3 is 0 Å². The summed E-state index contributed by atoms with van der Waals surface area (Å²) in [6, 6.07) is 29.9. The molecule has 0 aliphatic carbocycles. The Morgan fingerprint density at radius 2 is 1.55 bits per heavy atom. The lowest BCUT2D eigenvalue weighted by Crippen LogP contribution is -1.95. The van der Waals surface area contributed by atoms with Crippen LogP contribution in [0.25, 0.3) is 54.9 Å². The van der Waals surface area contributed by atoms with E-state index in [9.17, 15) is 0 Å². The summed E-state index contributed by atoms with van der Waals surface area (Å²) in [5, 5.41) is 5.99. The maximum Gasteiger partial charge on any atom is 0.144 e. The number of hydrogen-bond acceptors (Lipinski definition) is 2. The van der Waals surface area contributed by atoms with E-state index < -0.39 is 0 Å². The van der Waals surface area contributed by atoms with Gasteiger partial charge in [0.1, 0.15) is 11.2 Å². The number of pyridine rings is 1. The molecule has 6 aromatic rings.